The number of amides is 1. The van der Waals surface area contributed by atoms with E-state index in [0.717, 1.165) is 18.2 Å². The molecule has 1 atom stereocenters. The molecule has 134 valence electrons. The van der Waals surface area contributed by atoms with E-state index >= 15 is 0 Å². The van der Waals surface area contributed by atoms with Crippen molar-refractivity contribution in [1.82, 2.24) is 19.6 Å². The number of aliphatic hydroxyl groups is 1. The molecule has 8 heteroatoms. The van der Waals surface area contributed by atoms with Gasteiger partial charge in [-0.3, -0.25) is 14.4 Å². The number of hydrogen-bond donors (Lipinski definition) is 1. The Morgan fingerprint density at radius 2 is 2.08 bits per heavy atom. The van der Waals surface area contributed by atoms with Crippen LogP contribution in [0.4, 0.5) is 4.39 Å². The van der Waals surface area contributed by atoms with Gasteiger partial charge in [-0.1, -0.05) is 17.7 Å². The first-order valence-corrected chi connectivity index (χ1v) is 8.43. The van der Waals surface area contributed by atoms with Crippen molar-refractivity contribution in [3.05, 3.63) is 52.6 Å². The van der Waals surface area contributed by atoms with E-state index < -0.39 is 17.8 Å². The van der Waals surface area contributed by atoms with Crippen LogP contribution in [0.3, 0.4) is 0 Å². The van der Waals surface area contributed by atoms with Crippen molar-refractivity contribution >= 4 is 17.5 Å². The van der Waals surface area contributed by atoms with Gasteiger partial charge in [-0.2, -0.15) is 5.10 Å². The lowest BCUT2D eigenvalue weighted by atomic mass is 10.1. The first-order valence-electron chi connectivity index (χ1n) is 8.05. The normalized spacial score (nSPS) is 16.9. The number of nitrogens with zero attached hydrogens (tertiary/aromatic N) is 4. The summed E-state index contributed by atoms with van der Waals surface area (Å²) in [5.74, 6) is -1.16. The van der Waals surface area contributed by atoms with Gasteiger partial charge in [0.2, 0.25) is 0 Å². The monoisotopic (exact) mass is 366 g/mol. The zero-order valence-electron chi connectivity index (χ0n) is 13.9. The zero-order valence-corrected chi connectivity index (χ0v) is 14.7. The summed E-state index contributed by atoms with van der Waals surface area (Å²) in [7, 11) is 1.87. The first-order chi connectivity index (χ1) is 11.9. The SMILES string of the molecule is Cn1cc(CN2CCN(C(=O)C(O)c3ccc(Cl)cc3F)CC2)cn1. The fraction of sp³-hybridized carbons (Fsp3) is 0.412. The maximum atomic E-state index is 13.9. The van der Waals surface area contributed by atoms with Crippen molar-refractivity contribution in [3.8, 4) is 0 Å². The highest BCUT2D eigenvalue weighted by Gasteiger charge is 2.28. The third-order valence-corrected chi connectivity index (χ3v) is 4.57. The van der Waals surface area contributed by atoms with Crippen LogP contribution in [0.1, 0.15) is 17.2 Å². The second-order valence-corrected chi connectivity index (χ2v) is 6.63. The molecule has 1 saturated heterocycles. The van der Waals surface area contributed by atoms with Crippen LogP contribution in [0.5, 0.6) is 0 Å². The molecule has 1 fully saturated rings. The zero-order chi connectivity index (χ0) is 18.0. The Balaban J connectivity index is 1.57. The summed E-state index contributed by atoms with van der Waals surface area (Å²) >= 11 is 5.71. The molecule has 1 aromatic carbocycles. The van der Waals surface area contributed by atoms with Gasteiger partial charge in [0.1, 0.15) is 5.82 Å². The maximum Gasteiger partial charge on any atom is 0.256 e. The van der Waals surface area contributed by atoms with Crippen molar-refractivity contribution in [2.24, 2.45) is 7.05 Å². The molecule has 1 amide bonds. The quantitative estimate of drug-likeness (QED) is 0.892. The third kappa shape index (κ3) is 4.18. The summed E-state index contributed by atoms with van der Waals surface area (Å²) in [5, 5.41) is 14.6. The van der Waals surface area contributed by atoms with E-state index in [9.17, 15) is 14.3 Å². The Morgan fingerprint density at radius 3 is 2.68 bits per heavy atom. The molecule has 2 heterocycles. The van der Waals surface area contributed by atoms with Crippen molar-refractivity contribution in [1.29, 1.82) is 0 Å². The highest BCUT2D eigenvalue weighted by Crippen LogP contribution is 2.23. The average Bonchev–Trinajstić information content (AvgIpc) is 2.99. The maximum absolute atomic E-state index is 13.9. The van der Waals surface area contributed by atoms with Gasteiger partial charge in [-0.15, -0.1) is 0 Å². The largest absolute Gasteiger partial charge is 0.378 e. The second kappa shape index (κ2) is 7.51. The predicted octanol–water partition coefficient (Wildman–Crippen LogP) is 1.59. The van der Waals surface area contributed by atoms with Gasteiger partial charge in [0.05, 0.1) is 6.20 Å². The van der Waals surface area contributed by atoms with Crippen LogP contribution in [0.25, 0.3) is 0 Å². The number of hydrogen-bond acceptors (Lipinski definition) is 4. The number of halogens is 2. The van der Waals surface area contributed by atoms with Crippen LogP contribution in [-0.4, -0.2) is 56.8 Å². The van der Waals surface area contributed by atoms with Gasteiger partial charge >= 0.3 is 0 Å². The molecular formula is C17H20ClFN4O2. The molecule has 0 radical (unpaired) electrons. The van der Waals surface area contributed by atoms with Crippen LogP contribution in [-0.2, 0) is 18.4 Å². The lowest BCUT2D eigenvalue weighted by molar-refractivity contribution is -0.142. The smallest absolute Gasteiger partial charge is 0.256 e. The first kappa shape index (κ1) is 17.8. The highest BCUT2D eigenvalue weighted by atomic mass is 35.5. The third-order valence-electron chi connectivity index (χ3n) is 4.34. The van der Waals surface area contributed by atoms with Crippen molar-refractivity contribution in [2.45, 2.75) is 12.6 Å². The number of piperazine rings is 1. The Morgan fingerprint density at radius 1 is 1.36 bits per heavy atom. The second-order valence-electron chi connectivity index (χ2n) is 6.19. The molecule has 0 saturated carbocycles. The van der Waals surface area contributed by atoms with Gasteiger partial charge in [0.25, 0.3) is 5.91 Å². The Labute approximate surface area is 150 Å². The lowest BCUT2D eigenvalue weighted by Gasteiger charge is -2.35. The standard InChI is InChI=1S/C17H20ClFN4O2/c1-21-10-12(9-20-21)11-22-4-6-23(7-5-22)17(25)16(24)14-3-2-13(18)8-15(14)19/h2-3,8-10,16,24H,4-7,11H2,1H3. The summed E-state index contributed by atoms with van der Waals surface area (Å²) in [5.41, 5.74) is 1.07. The number of aliphatic hydroxyl groups excluding tert-OH is 1. The van der Waals surface area contributed by atoms with E-state index in [1.165, 1.54) is 12.1 Å². The number of benzene rings is 1. The number of carbonyl (C=O) groups excluding carboxylic acids is 1. The molecule has 3 rings (SSSR count). The Kier molecular flexibility index (Phi) is 5.36. The minimum Gasteiger partial charge on any atom is -0.378 e. The topological polar surface area (TPSA) is 61.6 Å². The number of carbonyl (C=O) groups is 1. The average molecular weight is 367 g/mol. The summed E-state index contributed by atoms with van der Waals surface area (Å²) in [4.78, 5) is 16.2. The van der Waals surface area contributed by atoms with Crippen molar-refractivity contribution < 1.29 is 14.3 Å². The summed E-state index contributed by atoms with van der Waals surface area (Å²) in [6.45, 7) is 3.13. The van der Waals surface area contributed by atoms with Crippen molar-refractivity contribution in [3.63, 3.8) is 0 Å². The van der Waals surface area contributed by atoms with Crippen LogP contribution in [0.15, 0.2) is 30.6 Å². The minimum absolute atomic E-state index is 0.0489. The lowest BCUT2D eigenvalue weighted by Crippen LogP contribution is -2.49. The molecular weight excluding hydrogens is 347 g/mol. The van der Waals surface area contributed by atoms with E-state index in [2.05, 4.69) is 10.00 Å². The van der Waals surface area contributed by atoms with E-state index in [4.69, 9.17) is 11.6 Å². The number of aryl methyl sites for hydroxylation is 1. The molecule has 1 aromatic heterocycles. The van der Waals surface area contributed by atoms with E-state index in [1.807, 2.05) is 19.4 Å². The fourth-order valence-corrected chi connectivity index (χ4v) is 3.13. The molecule has 2 aromatic rings. The molecule has 1 N–H and O–H groups in total. The van der Waals surface area contributed by atoms with Gasteiger partial charge in [0.15, 0.2) is 6.10 Å². The minimum atomic E-state index is -1.51. The van der Waals surface area contributed by atoms with Gasteiger partial charge in [-0.25, -0.2) is 4.39 Å². The summed E-state index contributed by atoms with van der Waals surface area (Å²) < 4.78 is 15.7. The van der Waals surface area contributed by atoms with Gasteiger partial charge in [-0.05, 0) is 12.1 Å². The van der Waals surface area contributed by atoms with E-state index in [0.29, 0.717) is 26.2 Å². The fourth-order valence-electron chi connectivity index (χ4n) is 2.97. The molecule has 6 nitrogen and oxygen atoms in total. The molecule has 1 aliphatic heterocycles. The van der Waals surface area contributed by atoms with E-state index in [1.54, 1.807) is 9.58 Å². The van der Waals surface area contributed by atoms with Gasteiger partial charge in [0, 0.05) is 62.1 Å². The molecule has 0 bridgehead atoms. The van der Waals surface area contributed by atoms with E-state index in [-0.39, 0.29) is 10.6 Å². The van der Waals surface area contributed by atoms with Crippen LogP contribution < -0.4 is 0 Å². The van der Waals surface area contributed by atoms with Gasteiger partial charge < -0.3 is 10.0 Å². The molecule has 0 aliphatic carbocycles. The summed E-state index contributed by atoms with van der Waals surface area (Å²) in [6, 6.07) is 3.90. The predicted molar refractivity (Wildman–Crippen MR) is 91.4 cm³/mol. The molecule has 1 unspecified atom stereocenters. The van der Waals surface area contributed by atoms with Crippen molar-refractivity contribution in [2.75, 3.05) is 26.2 Å². The molecule has 0 spiro atoms. The number of aromatic nitrogens is 2. The van der Waals surface area contributed by atoms with Crippen LogP contribution in [0.2, 0.25) is 5.02 Å². The Bertz CT molecular complexity index is 759. The summed E-state index contributed by atoms with van der Waals surface area (Å²) in [6.07, 6.45) is 2.27. The van der Waals surface area contributed by atoms with Crippen LogP contribution in [0, 0.1) is 5.82 Å². The molecule has 1 aliphatic rings. The number of rotatable bonds is 4. The molecule has 25 heavy (non-hydrogen) atoms. The highest BCUT2D eigenvalue weighted by molar-refractivity contribution is 6.30. The van der Waals surface area contributed by atoms with Crippen LogP contribution >= 0.6 is 11.6 Å². The Hall–Kier alpha value is -1.96.